The summed E-state index contributed by atoms with van der Waals surface area (Å²) in [6.45, 7) is 8.95. The molecule has 116 valence electrons. The van der Waals surface area contributed by atoms with Crippen molar-refractivity contribution >= 4 is 5.97 Å². The molecule has 1 heterocycles. The summed E-state index contributed by atoms with van der Waals surface area (Å²) in [6.07, 6.45) is 5.86. The van der Waals surface area contributed by atoms with Gasteiger partial charge in [-0.05, 0) is 47.0 Å². The first kappa shape index (κ1) is 15.8. The third-order valence-electron chi connectivity index (χ3n) is 4.76. The SMILES string of the molecule is COC(=O)CN(C1CCCC1)C1CC(C)(C)OC1(C)C. The minimum Gasteiger partial charge on any atom is -0.468 e. The number of hydrogen-bond acceptors (Lipinski definition) is 4. The molecule has 0 N–H and O–H groups in total. The van der Waals surface area contributed by atoms with Crippen LogP contribution in [0.2, 0.25) is 0 Å². The summed E-state index contributed by atoms with van der Waals surface area (Å²) >= 11 is 0. The maximum absolute atomic E-state index is 11.8. The molecule has 2 aliphatic rings. The van der Waals surface area contributed by atoms with E-state index in [9.17, 15) is 4.79 Å². The first-order valence-electron chi connectivity index (χ1n) is 7.78. The number of rotatable bonds is 4. The molecule has 1 aliphatic heterocycles. The van der Waals surface area contributed by atoms with Gasteiger partial charge in [0.25, 0.3) is 0 Å². The topological polar surface area (TPSA) is 38.8 Å². The van der Waals surface area contributed by atoms with Crippen molar-refractivity contribution in [2.45, 2.75) is 83.1 Å². The Hall–Kier alpha value is -0.610. The number of carbonyl (C=O) groups excluding carboxylic acids is 1. The van der Waals surface area contributed by atoms with Crippen LogP contribution in [0.4, 0.5) is 0 Å². The van der Waals surface area contributed by atoms with E-state index in [0.717, 1.165) is 6.42 Å². The van der Waals surface area contributed by atoms with Crippen molar-refractivity contribution < 1.29 is 14.3 Å². The smallest absolute Gasteiger partial charge is 0.319 e. The van der Waals surface area contributed by atoms with Gasteiger partial charge in [-0.15, -0.1) is 0 Å². The Labute approximate surface area is 122 Å². The largest absolute Gasteiger partial charge is 0.468 e. The predicted molar refractivity (Wildman–Crippen MR) is 78.6 cm³/mol. The van der Waals surface area contributed by atoms with Crippen LogP contribution in [-0.2, 0) is 14.3 Å². The number of ether oxygens (including phenoxy) is 2. The first-order chi connectivity index (χ1) is 9.25. The Morgan fingerprint density at radius 1 is 1.25 bits per heavy atom. The summed E-state index contributed by atoms with van der Waals surface area (Å²) in [5, 5.41) is 0. The van der Waals surface area contributed by atoms with Crippen LogP contribution >= 0.6 is 0 Å². The average Bonchev–Trinajstić information content (AvgIpc) is 2.91. The fraction of sp³-hybridized carbons (Fsp3) is 0.938. The summed E-state index contributed by atoms with van der Waals surface area (Å²) in [5.74, 6) is -0.141. The minimum atomic E-state index is -0.222. The summed E-state index contributed by atoms with van der Waals surface area (Å²) in [4.78, 5) is 14.2. The second kappa shape index (κ2) is 5.64. The third-order valence-corrected chi connectivity index (χ3v) is 4.76. The van der Waals surface area contributed by atoms with Gasteiger partial charge in [0.15, 0.2) is 0 Å². The second-order valence-corrected chi connectivity index (χ2v) is 7.37. The zero-order valence-corrected chi connectivity index (χ0v) is 13.6. The van der Waals surface area contributed by atoms with E-state index >= 15 is 0 Å². The molecule has 1 saturated heterocycles. The highest BCUT2D eigenvalue weighted by molar-refractivity contribution is 5.71. The van der Waals surface area contributed by atoms with Crippen molar-refractivity contribution in [2.24, 2.45) is 0 Å². The number of methoxy groups -OCH3 is 1. The Kier molecular flexibility index (Phi) is 4.45. The fourth-order valence-electron chi connectivity index (χ4n) is 3.99. The Balaban J connectivity index is 2.19. The molecular weight excluding hydrogens is 254 g/mol. The number of nitrogens with zero attached hydrogens (tertiary/aromatic N) is 1. The van der Waals surface area contributed by atoms with Crippen LogP contribution in [-0.4, -0.2) is 47.8 Å². The molecular formula is C16H29NO3. The Morgan fingerprint density at radius 3 is 2.30 bits per heavy atom. The summed E-state index contributed by atoms with van der Waals surface area (Å²) < 4.78 is 11.1. The van der Waals surface area contributed by atoms with E-state index in [-0.39, 0.29) is 23.2 Å². The van der Waals surface area contributed by atoms with Gasteiger partial charge in [-0.1, -0.05) is 12.8 Å². The molecule has 2 rings (SSSR count). The third kappa shape index (κ3) is 3.34. The van der Waals surface area contributed by atoms with Crippen molar-refractivity contribution in [3.8, 4) is 0 Å². The van der Waals surface area contributed by atoms with Crippen LogP contribution in [0, 0.1) is 0 Å². The van der Waals surface area contributed by atoms with E-state index in [1.807, 2.05) is 0 Å². The minimum absolute atomic E-state index is 0.124. The van der Waals surface area contributed by atoms with Gasteiger partial charge in [-0.2, -0.15) is 0 Å². The molecule has 0 spiro atoms. The normalized spacial score (nSPS) is 29.0. The first-order valence-corrected chi connectivity index (χ1v) is 7.78. The van der Waals surface area contributed by atoms with Crippen molar-refractivity contribution in [2.75, 3.05) is 13.7 Å². The van der Waals surface area contributed by atoms with Crippen LogP contribution in [0.3, 0.4) is 0 Å². The highest BCUT2D eigenvalue weighted by Crippen LogP contribution is 2.42. The molecule has 1 aliphatic carbocycles. The van der Waals surface area contributed by atoms with Gasteiger partial charge in [0.05, 0.1) is 24.9 Å². The van der Waals surface area contributed by atoms with Crippen molar-refractivity contribution in [3.05, 3.63) is 0 Å². The molecule has 4 heteroatoms. The molecule has 2 fully saturated rings. The van der Waals surface area contributed by atoms with Gasteiger partial charge in [0.1, 0.15) is 0 Å². The molecule has 20 heavy (non-hydrogen) atoms. The van der Waals surface area contributed by atoms with Crippen molar-refractivity contribution in [1.82, 2.24) is 4.90 Å². The van der Waals surface area contributed by atoms with E-state index in [0.29, 0.717) is 12.6 Å². The maximum Gasteiger partial charge on any atom is 0.319 e. The van der Waals surface area contributed by atoms with Gasteiger partial charge < -0.3 is 9.47 Å². The lowest BCUT2D eigenvalue weighted by Crippen LogP contribution is -2.52. The number of hydrogen-bond donors (Lipinski definition) is 0. The molecule has 0 radical (unpaired) electrons. The van der Waals surface area contributed by atoms with E-state index in [2.05, 4.69) is 32.6 Å². The Morgan fingerprint density at radius 2 is 1.85 bits per heavy atom. The molecule has 1 saturated carbocycles. The van der Waals surface area contributed by atoms with Crippen LogP contribution in [0.5, 0.6) is 0 Å². The summed E-state index contributed by atoms with van der Waals surface area (Å²) in [5.41, 5.74) is -0.346. The molecule has 1 unspecified atom stereocenters. The molecule has 0 aromatic rings. The molecule has 4 nitrogen and oxygen atoms in total. The lowest BCUT2D eigenvalue weighted by Gasteiger charge is -2.39. The summed E-state index contributed by atoms with van der Waals surface area (Å²) in [6, 6.07) is 0.774. The van der Waals surface area contributed by atoms with E-state index < -0.39 is 0 Å². The van der Waals surface area contributed by atoms with Gasteiger partial charge in [-0.25, -0.2) is 0 Å². The van der Waals surface area contributed by atoms with E-state index in [4.69, 9.17) is 9.47 Å². The standard InChI is InChI=1S/C16H29NO3/c1-15(2)10-13(16(3,4)20-15)17(11-14(18)19-5)12-8-6-7-9-12/h12-13H,6-11H2,1-5H3. The fourth-order valence-corrected chi connectivity index (χ4v) is 3.99. The molecule has 0 aromatic carbocycles. The van der Waals surface area contributed by atoms with Crippen LogP contribution < -0.4 is 0 Å². The van der Waals surface area contributed by atoms with Gasteiger partial charge in [0, 0.05) is 12.1 Å². The van der Waals surface area contributed by atoms with Gasteiger partial charge in [0.2, 0.25) is 0 Å². The van der Waals surface area contributed by atoms with Crippen LogP contribution in [0.25, 0.3) is 0 Å². The quantitative estimate of drug-likeness (QED) is 0.744. The highest BCUT2D eigenvalue weighted by atomic mass is 16.5. The molecule has 1 atom stereocenters. The molecule has 0 bridgehead atoms. The lowest BCUT2D eigenvalue weighted by molar-refractivity contribution is -0.144. The van der Waals surface area contributed by atoms with Crippen molar-refractivity contribution in [3.63, 3.8) is 0 Å². The van der Waals surface area contributed by atoms with E-state index in [1.54, 1.807) is 0 Å². The maximum atomic E-state index is 11.8. The number of esters is 1. The predicted octanol–water partition coefficient (Wildman–Crippen LogP) is 2.75. The van der Waals surface area contributed by atoms with Crippen LogP contribution in [0.15, 0.2) is 0 Å². The second-order valence-electron chi connectivity index (χ2n) is 7.37. The zero-order chi connectivity index (χ0) is 15.0. The zero-order valence-electron chi connectivity index (χ0n) is 13.6. The summed E-state index contributed by atoms with van der Waals surface area (Å²) in [7, 11) is 1.47. The van der Waals surface area contributed by atoms with Crippen molar-refractivity contribution in [1.29, 1.82) is 0 Å². The lowest BCUT2D eigenvalue weighted by atomic mass is 9.91. The van der Waals surface area contributed by atoms with E-state index in [1.165, 1.54) is 32.8 Å². The molecule has 0 aromatic heterocycles. The Bertz CT molecular complexity index is 359. The monoisotopic (exact) mass is 283 g/mol. The average molecular weight is 283 g/mol. The van der Waals surface area contributed by atoms with Gasteiger partial charge >= 0.3 is 5.97 Å². The number of carbonyl (C=O) groups is 1. The highest BCUT2D eigenvalue weighted by Gasteiger charge is 2.50. The van der Waals surface area contributed by atoms with Gasteiger partial charge in [-0.3, -0.25) is 9.69 Å². The molecule has 0 amide bonds. The van der Waals surface area contributed by atoms with Crippen LogP contribution in [0.1, 0.15) is 59.8 Å².